The first-order valence-corrected chi connectivity index (χ1v) is 9.03. The van der Waals surface area contributed by atoms with Gasteiger partial charge < -0.3 is 10.2 Å². The monoisotopic (exact) mass is 340 g/mol. The van der Waals surface area contributed by atoms with Crippen molar-refractivity contribution >= 4 is 5.91 Å². The number of hydrogen-bond acceptors (Lipinski definition) is 3. The Bertz CT molecular complexity index is 702. The maximum Gasteiger partial charge on any atom is 0.222 e. The Morgan fingerprint density at radius 3 is 2.60 bits per heavy atom. The van der Waals surface area contributed by atoms with Gasteiger partial charge in [0.05, 0.1) is 17.8 Å². The summed E-state index contributed by atoms with van der Waals surface area (Å²) in [6.45, 7) is 8.74. The average Bonchev–Trinajstić information content (AvgIpc) is 3.21. The van der Waals surface area contributed by atoms with Crippen molar-refractivity contribution in [2.75, 3.05) is 13.1 Å². The molecule has 2 aromatic rings. The highest BCUT2D eigenvalue weighted by Gasteiger charge is 2.24. The van der Waals surface area contributed by atoms with E-state index in [0.717, 1.165) is 31.6 Å². The number of hydrogen-bond donors (Lipinski definition) is 1. The van der Waals surface area contributed by atoms with Gasteiger partial charge in [-0.25, -0.2) is 0 Å². The molecule has 1 aliphatic heterocycles. The minimum atomic E-state index is -0.0148. The van der Waals surface area contributed by atoms with Crippen LogP contribution in [0.5, 0.6) is 0 Å². The van der Waals surface area contributed by atoms with Gasteiger partial charge in [-0.1, -0.05) is 30.3 Å². The zero-order valence-corrected chi connectivity index (χ0v) is 15.4. The van der Waals surface area contributed by atoms with Gasteiger partial charge in [0.2, 0.25) is 5.91 Å². The Morgan fingerprint density at radius 1 is 1.24 bits per heavy atom. The predicted molar refractivity (Wildman–Crippen MR) is 99.1 cm³/mol. The summed E-state index contributed by atoms with van der Waals surface area (Å²) in [6.07, 6.45) is 5.66. The molecule has 5 heteroatoms. The Kier molecular flexibility index (Phi) is 5.23. The molecule has 0 bridgehead atoms. The fourth-order valence-electron chi connectivity index (χ4n) is 3.15. The van der Waals surface area contributed by atoms with Gasteiger partial charge in [0.25, 0.3) is 0 Å². The zero-order valence-electron chi connectivity index (χ0n) is 15.4. The van der Waals surface area contributed by atoms with Crippen molar-refractivity contribution in [3.05, 3.63) is 53.9 Å². The van der Waals surface area contributed by atoms with Crippen molar-refractivity contribution < 1.29 is 4.79 Å². The van der Waals surface area contributed by atoms with Crippen LogP contribution in [0.25, 0.3) is 0 Å². The lowest BCUT2D eigenvalue weighted by Crippen LogP contribution is -2.35. The Labute approximate surface area is 150 Å². The smallest absolute Gasteiger partial charge is 0.222 e. The van der Waals surface area contributed by atoms with Gasteiger partial charge in [0.15, 0.2) is 0 Å². The van der Waals surface area contributed by atoms with Crippen LogP contribution < -0.4 is 5.32 Å². The van der Waals surface area contributed by atoms with Crippen LogP contribution in [0.3, 0.4) is 0 Å². The minimum absolute atomic E-state index is 0.0148. The first kappa shape index (κ1) is 17.7. The molecule has 0 radical (unpaired) electrons. The largest absolute Gasteiger partial charge is 0.341 e. The number of nitrogens with zero attached hydrogens (tertiary/aromatic N) is 3. The third-order valence-corrected chi connectivity index (χ3v) is 4.65. The molecule has 134 valence electrons. The van der Waals surface area contributed by atoms with Gasteiger partial charge in [0.1, 0.15) is 0 Å². The van der Waals surface area contributed by atoms with Crippen molar-refractivity contribution in [1.82, 2.24) is 20.0 Å². The Hall–Kier alpha value is -2.14. The van der Waals surface area contributed by atoms with Crippen LogP contribution in [0, 0.1) is 0 Å². The SMILES string of the molecule is CC(C)(C)n1cc(CNC(CN2CCCC2=O)c2ccccc2)cn1. The predicted octanol–water partition coefficient (Wildman–Crippen LogP) is 3.09. The van der Waals surface area contributed by atoms with Gasteiger partial charge in [-0.15, -0.1) is 0 Å². The third-order valence-electron chi connectivity index (χ3n) is 4.65. The molecular formula is C20H28N4O. The molecule has 1 fully saturated rings. The Morgan fingerprint density at radius 2 is 2.00 bits per heavy atom. The zero-order chi connectivity index (χ0) is 17.9. The van der Waals surface area contributed by atoms with E-state index in [9.17, 15) is 4.79 Å². The summed E-state index contributed by atoms with van der Waals surface area (Å²) in [5.74, 6) is 0.267. The third kappa shape index (κ3) is 4.48. The molecule has 5 nitrogen and oxygen atoms in total. The van der Waals surface area contributed by atoms with Gasteiger partial charge in [-0.3, -0.25) is 9.48 Å². The number of carbonyl (C=O) groups excluding carboxylic acids is 1. The van der Waals surface area contributed by atoms with E-state index in [-0.39, 0.29) is 17.5 Å². The first-order valence-electron chi connectivity index (χ1n) is 9.03. The second-order valence-corrected chi connectivity index (χ2v) is 7.75. The Balaban J connectivity index is 1.69. The van der Waals surface area contributed by atoms with Crippen LogP contribution in [-0.4, -0.2) is 33.7 Å². The molecule has 2 heterocycles. The molecule has 0 aliphatic carbocycles. The summed E-state index contributed by atoms with van der Waals surface area (Å²) in [4.78, 5) is 14.0. The summed E-state index contributed by atoms with van der Waals surface area (Å²) in [6, 6.07) is 10.5. The van der Waals surface area contributed by atoms with Crippen LogP contribution in [0.15, 0.2) is 42.7 Å². The molecule has 1 aromatic heterocycles. The van der Waals surface area contributed by atoms with E-state index in [1.165, 1.54) is 5.56 Å². The van der Waals surface area contributed by atoms with Crippen LogP contribution in [0.4, 0.5) is 0 Å². The maximum absolute atomic E-state index is 12.0. The van der Waals surface area contributed by atoms with E-state index >= 15 is 0 Å². The summed E-state index contributed by atoms with van der Waals surface area (Å²) >= 11 is 0. The number of carbonyl (C=O) groups is 1. The molecule has 1 amide bonds. The van der Waals surface area contributed by atoms with E-state index in [2.05, 4.69) is 49.5 Å². The van der Waals surface area contributed by atoms with E-state index in [1.54, 1.807) is 0 Å². The number of likely N-dealkylation sites (tertiary alicyclic amines) is 1. The second kappa shape index (κ2) is 7.40. The van der Waals surface area contributed by atoms with E-state index in [1.807, 2.05) is 34.0 Å². The number of rotatable bonds is 6. The van der Waals surface area contributed by atoms with E-state index in [4.69, 9.17) is 0 Å². The van der Waals surface area contributed by atoms with Crippen molar-refractivity contribution in [1.29, 1.82) is 0 Å². The van der Waals surface area contributed by atoms with Crippen LogP contribution in [0.2, 0.25) is 0 Å². The van der Waals surface area contributed by atoms with E-state index in [0.29, 0.717) is 6.42 Å². The standard InChI is InChI=1S/C20H28N4O/c1-20(2,3)24-14-16(13-22-24)12-21-18(17-8-5-4-6-9-17)15-23-11-7-10-19(23)25/h4-6,8-9,13-14,18,21H,7,10-12,15H2,1-3H3. The molecule has 0 spiro atoms. The molecular weight excluding hydrogens is 312 g/mol. The summed E-state index contributed by atoms with van der Waals surface area (Å²) < 4.78 is 1.99. The number of aromatic nitrogens is 2. The highest BCUT2D eigenvalue weighted by atomic mass is 16.2. The second-order valence-electron chi connectivity index (χ2n) is 7.75. The van der Waals surface area contributed by atoms with Gasteiger partial charge in [-0.2, -0.15) is 5.10 Å². The van der Waals surface area contributed by atoms with Gasteiger partial charge >= 0.3 is 0 Å². The fraction of sp³-hybridized carbons (Fsp3) is 0.500. The van der Waals surface area contributed by atoms with E-state index < -0.39 is 0 Å². The lowest BCUT2D eigenvalue weighted by Gasteiger charge is -2.25. The van der Waals surface area contributed by atoms with Crippen LogP contribution in [0.1, 0.15) is 50.8 Å². The topological polar surface area (TPSA) is 50.2 Å². The molecule has 1 unspecified atom stereocenters. The highest BCUT2D eigenvalue weighted by molar-refractivity contribution is 5.78. The maximum atomic E-state index is 12.0. The van der Waals surface area contributed by atoms with Crippen LogP contribution >= 0.6 is 0 Å². The number of benzene rings is 1. The summed E-state index contributed by atoms with van der Waals surface area (Å²) in [5.41, 5.74) is 2.35. The lowest BCUT2D eigenvalue weighted by molar-refractivity contribution is -0.128. The van der Waals surface area contributed by atoms with Crippen molar-refractivity contribution in [3.8, 4) is 0 Å². The highest BCUT2D eigenvalue weighted by Crippen LogP contribution is 2.19. The quantitative estimate of drug-likeness (QED) is 0.879. The molecule has 1 N–H and O–H groups in total. The summed E-state index contributed by atoms with van der Waals surface area (Å²) in [5, 5.41) is 8.08. The molecule has 1 atom stereocenters. The lowest BCUT2D eigenvalue weighted by atomic mass is 10.1. The molecule has 1 aromatic carbocycles. The van der Waals surface area contributed by atoms with Crippen molar-refractivity contribution in [3.63, 3.8) is 0 Å². The first-order chi connectivity index (χ1) is 11.9. The molecule has 0 saturated carbocycles. The average molecular weight is 340 g/mol. The molecule has 3 rings (SSSR count). The van der Waals surface area contributed by atoms with Crippen LogP contribution in [-0.2, 0) is 16.9 Å². The number of amides is 1. The van der Waals surface area contributed by atoms with Crippen molar-refractivity contribution in [2.24, 2.45) is 0 Å². The normalized spacial score (nSPS) is 16.4. The summed E-state index contributed by atoms with van der Waals surface area (Å²) in [7, 11) is 0. The molecule has 25 heavy (non-hydrogen) atoms. The van der Waals surface area contributed by atoms with Gasteiger partial charge in [0, 0.05) is 37.8 Å². The molecule has 1 saturated heterocycles. The van der Waals surface area contributed by atoms with Gasteiger partial charge in [-0.05, 0) is 32.8 Å². The fourth-order valence-corrected chi connectivity index (χ4v) is 3.15. The number of nitrogens with one attached hydrogen (secondary N) is 1. The molecule has 1 aliphatic rings. The minimum Gasteiger partial charge on any atom is -0.341 e. The van der Waals surface area contributed by atoms with Crippen molar-refractivity contribution in [2.45, 2.75) is 51.7 Å².